The van der Waals surface area contributed by atoms with Crippen molar-refractivity contribution in [1.82, 2.24) is 0 Å². The van der Waals surface area contributed by atoms with Crippen LogP contribution in [0.25, 0.3) is 0 Å². The molecule has 3 N–H and O–H groups in total. The van der Waals surface area contributed by atoms with E-state index in [0.29, 0.717) is 6.54 Å². The topological polar surface area (TPSA) is 46.2 Å². The van der Waals surface area contributed by atoms with E-state index in [4.69, 9.17) is 17.3 Å². The van der Waals surface area contributed by atoms with E-state index in [-0.39, 0.29) is 12.0 Å². The molecule has 1 unspecified atom stereocenters. The largest absolute Gasteiger partial charge is 0.396 e. The van der Waals surface area contributed by atoms with Gasteiger partial charge >= 0.3 is 0 Å². The Kier molecular flexibility index (Phi) is 4.70. The number of hydrogen-bond donors (Lipinski definition) is 2. The molecule has 0 aromatic heterocycles. The van der Waals surface area contributed by atoms with Crippen LogP contribution in [0.5, 0.6) is 0 Å². The SMILES string of the molecule is NCC(CO)(Cc1ccc(Br)cc1Cl)CC1CC1. The molecule has 2 rings (SSSR count). The van der Waals surface area contributed by atoms with Gasteiger partial charge in [-0.3, -0.25) is 0 Å². The molecule has 1 saturated carbocycles. The van der Waals surface area contributed by atoms with Crippen molar-refractivity contribution in [2.75, 3.05) is 13.2 Å². The van der Waals surface area contributed by atoms with Crippen molar-refractivity contribution in [2.45, 2.75) is 25.7 Å². The van der Waals surface area contributed by atoms with Crippen molar-refractivity contribution in [1.29, 1.82) is 0 Å². The molecule has 18 heavy (non-hydrogen) atoms. The first kappa shape index (κ1) is 14.3. The standard InChI is InChI=1S/C14H19BrClNO/c15-12-4-3-11(13(16)5-12)7-14(8-17,9-18)6-10-1-2-10/h3-5,10,18H,1-2,6-9,17H2. The number of benzene rings is 1. The second-order valence-electron chi connectivity index (χ2n) is 5.42. The van der Waals surface area contributed by atoms with Crippen LogP contribution in [0.15, 0.2) is 22.7 Å². The van der Waals surface area contributed by atoms with Gasteiger partial charge in [-0.15, -0.1) is 0 Å². The molecule has 0 amide bonds. The zero-order valence-corrected chi connectivity index (χ0v) is 12.7. The van der Waals surface area contributed by atoms with Gasteiger partial charge in [0, 0.05) is 21.5 Å². The number of nitrogens with two attached hydrogens (primary N) is 1. The Hall–Kier alpha value is -0.0900. The average Bonchev–Trinajstić information content (AvgIpc) is 3.15. The third-order valence-corrected chi connectivity index (χ3v) is 4.61. The first-order valence-corrected chi connectivity index (χ1v) is 7.50. The summed E-state index contributed by atoms with van der Waals surface area (Å²) >= 11 is 9.65. The van der Waals surface area contributed by atoms with Gasteiger partial charge in [0.25, 0.3) is 0 Å². The highest BCUT2D eigenvalue weighted by atomic mass is 79.9. The van der Waals surface area contributed by atoms with Crippen LogP contribution in [0, 0.1) is 11.3 Å². The van der Waals surface area contributed by atoms with Crippen LogP contribution >= 0.6 is 27.5 Å². The van der Waals surface area contributed by atoms with E-state index in [9.17, 15) is 5.11 Å². The van der Waals surface area contributed by atoms with E-state index in [0.717, 1.165) is 33.8 Å². The van der Waals surface area contributed by atoms with Crippen LogP contribution in [0.4, 0.5) is 0 Å². The number of halogens is 2. The van der Waals surface area contributed by atoms with Crippen LogP contribution < -0.4 is 5.73 Å². The van der Waals surface area contributed by atoms with Crippen molar-refractivity contribution in [2.24, 2.45) is 17.1 Å². The molecule has 0 spiro atoms. The maximum atomic E-state index is 9.73. The van der Waals surface area contributed by atoms with Crippen molar-refractivity contribution in [3.05, 3.63) is 33.3 Å². The molecule has 1 aromatic rings. The van der Waals surface area contributed by atoms with Gasteiger partial charge in [0.1, 0.15) is 0 Å². The molecule has 1 atom stereocenters. The minimum Gasteiger partial charge on any atom is -0.396 e. The van der Waals surface area contributed by atoms with Gasteiger partial charge < -0.3 is 10.8 Å². The molecule has 0 saturated heterocycles. The van der Waals surface area contributed by atoms with Crippen molar-refractivity contribution in [3.63, 3.8) is 0 Å². The Morgan fingerprint density at radius 1 is 1.44 bits per heavy atom. The van der Waals surface area contributed by atoms with Gasteiger partial charge in [0.15, 0.2) is 0 Å². The van der Waals surface area contributed by atoms with Gasteiger partial charge in [0.05, 0.1) is 6.61 Å². The second-order valence-corrected chi connectivity index (χ2v) is 6.75. The highest BCUT2D eigenvalue weighted by Gasteiger charge is 2.36. The van der Waals surface area contributed by atoms with Crippen molar-refractivity contribution in [3.8, 4) is 0 Å². The Bertz CT molecular complexity index is 416. The smallest absolute Gasteiger partial charge is 0.0502 e. The van der Waals surface area contributed by atoms with Gasteiger partial charge in [-0.2, -0.15) is 0 Å². The Morgan fingerprint density at radius 3 is 2.67 bits per heavy atom. The fraction of sp³-hybridized carbons (Fsp3) is 0.571. The van der Waals surface area contributed by atoms with Crippen LogP contribution in [0.3, 0.4) is 0 Å². The maximum Gasteiger partial charge on any atom is 0.0502 e. The van der Waals surface area contributed by atoms with Gasteiger partial charge in [0.2, 0.25) is 0 Å². The third kappa shape index (κ3) is 3.47. The van der Waals surface area contributed by atoms with Crippen LogP contribution in [-0.4, -0.2) is 18.3 Å². The summed E-state index contributed by atoms with van der Waals surface area (Å²) < 4.78 is 0.973. The minimum absolute atomic E-state index is 0.131. The van der Waals surface area contributed by atoms with E-state index in [2.05, 4.69) is 15.9 Å². The monoisotopic (exact) mass is 331 g/mol. The Morgan fingerprint density at radius 2 is 2.17 bits per heavy atom. The van der Waals surface area contributed by atoms with E-state index < -0.39 is 0 Å². The minimum atomic E-state index is -0.210. The van der Waals surface area contributed by atoms with Crippen molar-refractivity contribution < 1.29 is 5.11 Å². The second kappa shape index (κ2) is 5.91. The Balaban J connectivity index is 2.16. The lowest BCUT2D eigenvalue weighted by molar-refractivity contribution is 0.115. The van der Waals surface area contributed by atoms with Gasteiger partial charge in [-0.1, -0.05) is 46.4 Å². The van der Waals surface area contributed by atoms with E-state index in [1.54, 1.807) is 0 Å². The fourth-order valence-electron chi connectivity index (χ4n) is 2.42. The summed E-state index contributed by atoms with van der Waals surface area (Å²) in [5.74, 6) is 0.745. The summed E-state index contributed by atoms with van der Waals surface area (Å²) in [6.45, 7) is 0.638. The Labute approximate surface area is 122 Å². The van der Waals surface area contributed by atoms with Crippen LogP contribution in [0.2, 0.25) is 5.02 Å². The number of hydrogen-bond acceptors (Lipinski definition) is 2. The van der Waals surface area contributed by atoms with E-state index in [1.165, 1.54) is 12.8 Å². The predicted octanol–water partition coefficient (Wildman–Crippen LogP) is 3.38. The molecular weight excluding hydrogens is 314 g/mol. The lowest BCUT2D eigenvalue weighted by Crippen LogP contribution is -2.37. The molecule has 0 aliphatic heterocycles. The van der Waals surface area contributed by atoms with Crippen LogP contribution in [-0.2, 0) is 6.42 Å². The molecule has 2 nitrogen and oxygen atoms in total. The summed E-state index contributed by atoms with van der Waals surface area (Å²) in [7, 11) is 0. The molecular formula is C14H19BrClNO. The summed E-state index contributed by atoms with van der Waals surface area (Å²) in [6.07, 6.45) is 4.31. The third-order valence-electron chi connectivity index (χ3n) is 3.77. The summed E-state index contributed by atoms with van der Waals surface area (Å²) in [5.41, 5.74) is 6.77. The molecule has 0 heterocycles. The fourth-order valence-corrected chi connectivity index (χ4v) is 3.16. The summed E-state index contributed by atoms with van der Waals surface area (Å²) in [4.78, 5) is 0. The first-order chi connectivity index (χ1) is 8.58. The summed E-state index contributed by atoms with van der Waals surface area (Å²) in [6, 6.07) is 5.89. The molecule has 1 fully saturated rings. The molecule has 0 radical (unpaired) electrons. The summed E-state index contributed by atoms with van der Waals surface area (Å²) in [5, 5.41) is 10.5. The van der Waals surface area contributed by atoms with Gasteiger partial charge in [-0.05, 0) is 36.5 Å². The quantitative estimate of drug-likeness (QED) is 0.839. The molecule has 100 valence electrons. The number of aliphatic hydroxyl groups is 1. The van der Waals surface area contributed by atoms with E-state index in [1.807, 2.05) is 18.2 Å². The zero-order chi connectivity index (χ0) is 13.2. The first-order valence-electron chi connectivity index (χ1n) is 6.33. The molecule has 1 aliphatic carbocycles. The highest BCUT2D eigenvalue weighted by Crippen LogP contribution is 2.42. The maximum absolute atomic E-state index is 9.73. The zero-order valence-electron chi connectivity index (χ0n) is 10.3. The van der Waals surface area contributed by atoms with E-state index >= 15 is 0 Å². The molecule has 1 aromatic carbocycles. The number of rotatable bonds is 6. The molecule has 0 bridgehead atoms. The predicted molar refractivity (Wildman–Crippen MR) is 78.8 cm³/mol. The average molecular weight is 333 g/mol. The lowest BCUT2D eigenvalue weighted by Gasteiger charge is -2.31. The normalized spacial score (nSPS) is 18.7. The molecule has 4 heteroatoms. The van der Waals surface area contributed by atoms with Crippen LogP contribution in [0.1, 0.15) is 24.8 Å². The van der Waals surface area contributed by atoms with Gasteiger partial charge in [-0.25, -0.2) is 0 Å². The molecule has 1 aliphatic rings. The lowest BCUT2D eigenvalue weighted by atomic mass is 9.78. The van der Waals surface area contributed by atoms with Crippen molar-refractivity contribution >= 4 is 27.5 Å². The highest BCUT2D eigenvalue weighted by molar-refractivity contribution is 9.10. The number of aliphatic hydroxyl groups excluding tert-OH is 1.